The SMILES string of the molecule is O=C(O)NCC(O)c1cccc(Cl)c1. The van der Waals surface area contributed by atoms with Gasteiger partial charge in [-0.25, -0.2) is 4.79 Å². The number of rotatable bonds is 3. The number of carbonyl (C=O) groups is 1. The largest absolute Gasteiger partial charge is 0.465 e. The van der Waals surface area contributed by atoms with Crippen LogP contribution in [0.5, 0.6) is 0 Å². The Labute approximate surface area is 86.1 Å². The lowest BCUT2D eigenvalue weighted by Gasteiger charge is -2.10. The van der Waals surface area contributed by atoms with Crippen molar-refractivity contribution >= 4 is 17.7 Å². The number of carboxylic acid groups (broad SMARTS) is 1. The number of benzene rings is 1. The number of nitrogens with one attached hydrogen (secondary N) is 1. The predicted molar refractivity (Wildman–Crippen MR) is 52.4 cm³/mol. The van der Waals surface area contributed by atoms with Gasteiger partial charge in [0.05, 0.1) is 12.6 Å². The van der Waals surface area contributed by atoms with Gasteiger partial charge in [0.25, 0.3) is 0 Å². The van der Waals surface area contributed by atoms with E-state index in [1.165, 1.54) is 0 Å². The molecule has 0 saturated heterocycles. The summed E-state index contributed by atoms with van der Waals surface area (Å²) in [4.78, 5) is 10.2. The minimum atomic E-state index is -1.16. The molecule has 3 N–H and O–H groups in total. The summed E-state index contributed by atoms with van der Waals surface area (Å²) in [6.45, 7) is -0.0460. The molecule has 0 aliphatic carbocycles. The molecule has 4 nitrogen and oxygen atoms in total. The minimum absolute atomic E-state index is 0.0460. The van der Waals surface area contributed by atoms with Crippen LogP contribution < -0.4 is 5.32 Å². The van der Waals surface area contributed by atoms with Gasteiger partial charge in [0.15, 0.2) is 0 Å². The molecule has 14 heavy (non-hydrogen) atoms. The summed E-state index contributed by atoms with van der Waals surface area (Å²) in [5.74, 6) is 0. The summed E-state index contributed by atoms with van der Waals surface area (Å²) in [6, 6.07) is 6.65. The van der Waals surface area contributed by atoms with E-state index in [9.17, 15) is 9.90 Å². The molecule has 0 fully saturated rings. The van der Waals surface area contributed by atoms with Crippen molar-refractivity contribution in [1.29, 1.82) is 0 Å². The van der Waals surface area contributed by atoms with Crippen LogP contribution in [-0.2, 0) is 0 Å². The number of hydrogen-bond acceptors (Lipinski definition) is 2. The monoisotopic (exact) mass is 215 g/mol. The van der Waals surface area contributed by atoms with Crippen molar-refractivity contribution in [2.24, 2.45) is 0 Å². The lowest BCUT2D eigenvalue weighted by atomic mass is 10.1. The summed E-state index contributed by atoms with van der Waals surface area (Å²) >= 11 is 5.70. The molecule has 1 amide bonds. The lowest BCUT2D eigenvalue weighted by Crippen LogP contribution is -2.26. The van der Waals surface area contributed by atoms with Gasteiger partial charge in [0, 0.05) is 5.02 Å². The lowest BCUT2D eigenvalue weighted by molar-refractivity contribution is 0.159. The highest BCUT2D eigenvalue weighted by atomic mass is 35.5. The summed E-state index contributed by atoms with van der Waals surface area (Å²) in [7, 11) is 0. The third kappa shape index (κ3) is 3.24. The van der Waals surface area contributed by atoms with E-state index < -0.39 is 12.2 Å². The molecular formula is C9H10ClNO3. The fourth-order valence-corrected chi connectivity index (χ4v) is 1.21. The number of aliphatic hydroxyl groups excluding tert-OH is 1. The number of halogens is 1. The Balaban J connectivity index is 2.60. The predicted octanol–water partition coefficient (Wildman–Crippen LogP) is 1.64. The van der Waals surface area contributed by atoms with Gasteiger partial charge in [-0.05, 0) is 17.7 Å². The summed E-state index contributed by atoms with van der Waals surface area (Å²) in [5.41, 5.74) is 0.589. The first-order valence-electron chi connectivity index (χ1n) is 4.00. The Morgan fingerprint density at radius 3 is 2.86 bits per heavy atom. The maximum atomic E-state index is 10.2. The van der Waals surface area contributed by atoms with Crippen molar-refractivity contribution in [2.45, 2.75) is 6.10 Å². The van der Waals surface area contributed by atoms with Gasteiger partial charge in [-0.3, -0.25) is 0 Å². The van der Waals surface area contributed by atoms with Crippen LogP contribution in [0.1, 0.15) is 11.7 Å². The van der Waals surface area contributed by atoms with E-state index in [0.717, 1.165) is 0 Å². The van der Waals surface area contributed by atoms with Gasteiger partial charge in [0.1, 0.15) is 0 Å². The third-order valence-electron chi connectivity index (χ3n) is 1.68. The second kappa shape index (κ2) is 4.83. The van der Waals surface area contributed by atoms with E-state index >= 15 is 0 Å². The van der Waals surface area contributed by atoms with Gasteiger partial charge in [-0.15, -0.1) is 0 Å². The van der Waals surface area contributed by atoms with Crippen molar-refractivity contribution in [3.05, 3.63) is 34.9 Å². The molecule has 0 radical (unpaired) electrons. The quantitative estimate of drug-likeness (QED) is 0.718. The molecule has 0 aliphatic heterocycles. The van der Waals surface area contributed by atoms with Gasteiger partial charge < -0.3 is 15.5 Å². The average Bonchev–Trinajstić information content (AvgIpc) is 2.14. The molecule has 1 rings (SSSR count). The first-order chi connectivity index (χ1) is 6.59. The fraction of sp³-hybridized carbons (Fsp3) is 0.222. The van der Waals surface area contributed by atoms with Crippen molar-refractivity contribution < 1.29 is 15.0 Å². The van der Waals surface area contributed by atoms with Crippen molar-refractivity contribution in [1.82, 2.24) is 5.32 Å². The average molecular weight is 216 g/mol. The zero-order valence-corrected chi connectivity index (χ0v) is 8.03. The summed E-state index contributed by atoms with van der Waals surface area (Å²) < 4.78 is 0. The highest BCUT2D eigenvalue weighted by Crippen LogP contribution is 2.16. The Kier molecular flexibility index (Phi) is 3.73. The van der Waals surface area contributed by atoms with Crippen molar-refractivity contribution in [2.75, 3.05) is 6.54 Å². The smallest absolute Gasteiger partial charge is 0.404 e. The van der Waals surface area contributed by atoms with Crippen LogP contribution in [0.2, 0.25) is 5.02 Å². The van der Waals surface area contributed by atoms with Crippen LogP contribution in [0.25, 0.3) is 0 Å². The number of aliphatic hydroxyl groups is 1. The molecule has 0 saturated carbocycles. The molecule has 0 spiro atoms. The Bertz CT molecular complexity index is 330. The highest BCUT2D eigenvalue weighted by Gasteiger charge is 2.08. The molecule has 1 aromatic carbocycles. The standard InChI is InChI=1S/C9H10ClNO3/c10-7-3-1-2-6(4-7)8(12)5-11-9(13)14/h1-4,8,11-12H,5H2,(H,13,14). The van der Waals surface area contributed by atoms with Crippen LogP contribution in [-0.4, -0.2) is 22.9 Å². The molecule has 0 bridgehead atoms. The first-order valence-corrected chi connectivity index (χ1v) is 4.37. The van der Waals surface area contributed by atoms with Crippen molar-refractivity contribution in [3.8, 4) is 0 Å². The second-order valence-electron chi connectivity index (χ2n) is 2.76. The summed E-state index contributed by atoms with van der Waals surface area (Å²) in [6.07, 6.45) is -2.03. The van der Waals surface area contributed by atoms with E-state index in [1.807, 2.05) is 0 Å². The highest BCUT2D eigenvalue weighted by molar-refractivity contribution is 6.30. The minimum Gasteiger partial charge on any atom is -0.465 e. The van der Waals surface area contributed by atoms with E-state index in [2.05, 4.69) is 5.32 Å². The van der Waals surface area contributed by atoms with Crippen molar-refractivity contribution in [3.63, 3.8) is 0 Å². The van der Waals surface area contributed by atoms with Crippen LogP contribution >= 0.6 is 11.6 Å². The molecule has 1 atom stereocenters. The molecule has 1 unspecified atom stereocenters. The van der Waals surface area contributed by atoms with E-state index in [4.69, 9.17) is 16.7 Å². The van der Waals surface area contributed by atoms with Gasteiger partial charge in [-0.2, -0.15) is 0 Å². The normalized spacial score (nSPS) is 12.1. The van der Waals surface area contributed by atoms with Crippen LogP contribution in [0, 0.1) is 0 Å². The van der Waals surface area contributed by atoms with E-state index in [-0.39, 0.29) is 6.54 Å². The van der Waals surface area contributed by atoms with Crippen LogP contribution in [0.15, 0.2) is 24.3 Å². The van der Waals surface area contributed by atoms with E-state index in [1.54, 1.807) is 24.3 Å². The maximum absolute atomic E-state index is 10.2. The second-order valence-corrected chi connectivity index (χ2v) is 3.19. The number of amides is 1. The van der Waals surface area contributed by atoms with Crippen LogP contribution in [0.3, 0.4) is 0 Å². The fourth-order valence-electron chi connectivity index (χ4n) is 1.02. The Morgan fingerprint density at radius 1 is 1.57 bits per heavy atom. The molecule has 0 aromatic heterocycles. The summed E-state index contributed by atoms with van der Waals surface area (Å²) in [5, 5.41) is 20.4. The molecule has 1 aromatic rings. The Hall–Kier alpha value is -1.26. The van der Waals surface area contributed by atoms with Gasteiger partial charge in [-0.1, -0.05) is 23.7 Å². The van der Waals surface area contributed by atoms with E-state index in [0.29, 0.717) is 10.6 Å². The van der Waals surface area contributed by atoms with Gasteiger partial charge >= 0.3 is 6.09 Å². The molecule has 5 heteroatoms. The molecule has 76 valence electrons. The first kappa shape index (κ1) is 10.8. The zero-order valence-electron chi connectivity index (χ0n) is 7.27. The topological polar surface area (TPSA) is 69.6 Å². The molecular weight excluding hydrogens is 206 g/mol. The molecule has 0 aliphatic rings. The zero-order chi connectivity index (χ0) is 10.6. The van der Waals surface area contributed by atoms with Crippen LogP contribution in [0.4, 0.5) is 4.79 Å². The number of hydrogen-bond donors (Lipinski definition) is 3. The third-order valence-corrected chi connectivity index (χ3v) is 1.92. The Morgan fingerprint density at radius 2 is 2.29 bits per heavy atom. The maximum Gasteiger partial charge on any atom is 0.404 e. The van der Waals surface area contributed by atoms with Gasteiger partial charge in [0.2, 0.25) is 0 Å². The molecule has 0 heterocycles.